The Kier molecular flexibility index (Phi) is 5.12. The molecule has 2 aromatic rings. The molecule has 8 nitrogen and oxygen atoms in total. The molecule has 0 aromatic carbocycles. The van der Waals surface area contributed by atoms with E-state index in [4.69, 9.17) is 9.15 Å². The number of hydrogen-bond acceptors (Lipinski definition) is 8. The van der Waals surface area contributed by atoms with E-state index in [1.807, 2.05) is 17.1 Å². The summed E-state index contributed by atoms with van der Waals surface area (Å²) < 4.78 is 10.9. The standard InChI is InChI=1S/C20H22N4O4/c1-2-27-20(26)16-17(25)15(28-19(16)23-24-9-4-3-5-10-24)11-13-12-22-18-14(13)7-6-8-21-18/h6-8,11-12,23,25H,2-5,9-10H2,1H3. The molecule has 28 heavy (non-hydrogen) atoms. The Balaban J connectivity index is 1.70. The fourth-order valence-electron chi connectivity index (χ4n) is 3.34. The second kappa shape index (κ2) is 7.85. The molecule has 0 saturated carbocycles. The molecule has 0 unspecified atom stereocenters. The first-order valence-electron chi connectivity index (χ1n) is 9.43. The summed E-state index contributed by atoms with van der Waals surface area (Å²) in [7, 11) is 0. The largest absolute Gasteiger partial charge is 0.504 e. The molecule has 1 fully saturated rings. The molecule has 8 heteroatoms. The lowest BCUT2D eigenvalue weighted by Crippen LogP contribution is -2.35. The number of rotatable bonds is 5. The first kappa shape index (κ1) is 18.2. The number of hydrazine groups is 1. The monoisotopic (exact) mass is 382 g/mol. The van der Waals surface area contributed by atoms with Crippen molar-refractivity contribution in [1.29, 1.82) is 0 Å². The van der Waals surface area contributed by atoms with Gasteiger partial charge in [0.05, 0.1) is 6.61 Å². The lowest BCUT2D eigenvalue weighted by Gasteiger charge is -2.26. The maximum Gasteiger partial charge on any atom is 0.347 e. The van der Waals surface area contributed by atoms with Crippen molar-refractivity contribution in [2.45, 2.75) is 26.2 Å². The van der Waals surface area contributed by atoms with Crippen molar-refractivity contribution in [2.75, 3.05) is 25.1 Å². The zero-order valence-corrected chi connectivity index (χ0v) is 15.6. The van der Waals surface area contributed by atoms with Gasteiger partial charge in [-0.25, -0.2) is 19.8 Å². The Morgan fingerprint density at radius 1 is 1.39 bits per heavy atom. The Morgan fingerprint density at radius 3 is 3.00 bits per heavy atom. The van der Waals surface area contributed by atoms with Crippen LogP contribution in [0.1, 0.15) is 47.9 Å². The molecule has 4 rings (SSSR count). The van der Waals surface area contributed by atoms with Crippen molar-refractivity contribution in [3.05, 3.63) is 35.2 Å². The Bertz CT molecular complexity index is 942. The number of nitrogens with one attached hydrogen (secondary N) is 1. The van der Waals surface area contributed by atoms with Gasteiger partial charge in [0, 0.05) is 36.6 Å². The van der Waals surface area contributed by atoms with Crippen molar-refractivity contribution >= 4 is 35.5 Å². The number of hydrogen-bond donors (Lipinski definition) is 2. The van der Waals surface area contributed by atoms with Gasteiger partial charge in [-0.05, 0) is 38.0 Å². The summed E-state index contributed by atoms with van der Waals surface area (Å²) in [6.45, 7) is 3.60. The van der Waals surface area contributed by atoms with Gasteiger partial charge in [-0.3, -0.25) is 5.43 Å². The third-order valence-electron chi connectivity index (χ3n) is 4.71. The van der Waals surface area contributed by atoms with E-state index in [2.05, 4.69) is 15.4 Å². The van der Waals surface area contributed by atoms with Gasteiger partial charge in [-0.2, -0.15) is 0 Å². The molecule has 2 aliphatic rings. The number of pyridine rings is 1. The van der Waals surface area contributed by atoms with Gasteiger partial charge in [0.25, 0.3) is 0 Å². The Hall–Kier alpha value is -3.13. The number of allylic oxidation sites excluding steroid dienone is 1. The molecule has 146 valence electrons. The van der Waals surface area contributed by atoms with Gasteiger partial charge in [-0.15, -0.1) is 0 Å². The van der Waals surface area contributed by atoms with Crippen LogP contribution < -0.4 is 5.43 Å². The maximum atomic E-state index is 12.4. The third-order valence-corrected chi connectivity index (χ3v) is 4.71. The molecule has 0 radical (unpaired) electrons. The van der Waals surface area contributed by atoms with Crippen LogP contribution in [0.15, 0.2) is 27.7 Å². The average molecular weight is 382 g/mol. The topological polar surface area (TPSA) is 100 Å². The molecule has 0 spiro atoms. The molecule has 0 aliphatic carbocycles. The zero-order chi connectivity index (χ0) is 19.5. The zero-order valence-electron chi connectivity index (χ0n) is 15.6. The van der Waals surface area contributed by atoms with Crippen LogP contribution in [0.4, 0.5) is 11.7 Å². The van der Waals surface area contributed by atoms with Crippen molar-refractivity contribution in [3.63, 3.8) is 0 Å². The van der Waals surface area contributed by atoms with Crippen molar-refractivity contribution in [1.82, 2.24) is 9.99 Å². The first-order chi connectivity index (χ1) is 13.7. The number of nitrogens with zero attached hydrogens (tertiary/aromatic N) is 3. The van der Waals surface area contributed by atoms with Gasteiger partial charge >= 0.3 is 5.97 Å². The summed E-state index contributed by atoms with van der Waals surface area (Å²) in [5, 5.41) is 12.7. The van der Waals surface area contributed by atoms with Crippen LogP contribution >= 0.6 is 0 Å². The highest BCUT2D eigenvalue weighted by molar-refractivity contribution is 6.21. The Labute approximate surface area is 162 Å². The summed E-state index contributed by atoms with van der Waals surface area (Å²) in [5.74, 6) is 0.0788. The van der Waals surface area contributed by atoms with Crippen molar-refractivity contribution in [3.8, 4) is 5.75 Å². The summed E-state index contributed by atoms with van der Waals surface area (Å²) in [6, 6.07) is 3.71. The van der Waals surface area contributed by atoms with Crippen LogP contribution in [-0.4, -0.2) is 47.0 Å². The van der Waals surface area contributed by atoms with Gasteiger partial charge in [0.2, 0.25) is 5.88 Å². The fraction of sp³-hybridized carbons (Fsp3) is 0.350. The lowest BCUT2D eigenvalue weighted by atomic mass is 10.1. The summed E-state index contributed by atoms with van der Waals surface area (Å²) >= 11 is 0. The van der Waals surface area contributed by atoms with Crippen molar-refractivity contribution in [2.24, 2.45) is 4.99 Å². The number of aliphatic imine (C=N–C) groups is 1. The number of ether oxygens (including phenoxy) is 1. The number of piperidine rings is 1. The number of carbonyl (C=O) groups excluding carboxylic acids is 1. The second-order valence-corrected chi connectivity index (χ2v) is 6.63. The highest BCUT2D eigenvalue weighted by Gasteiger charge is 2.28. The normalized spacial score (nSPS) is 17.7. The minimum atomic E-state index is -0.630. The summed E-state index contributed by atoms with van der Waals surface area (Å²) in [6.07, 6.45) is 8.27. The molecule has 2 aliphatic heterocycles. The number of furan rings is 1. The number of esters is 1. The lowest BCUT2D eigenvalue weighted by molar-refractivity contribution is 0.0523. The van der Waals surface area contributed by atoms with Gasteiger partial charge in [-0.1, -0.05) is 6.42 Å². The van der Waals surface area contributed by atoms with Crippen LogP contribution in [0.2, 0.25) is 0 Å². The minimum Gasteiger partial charge on any atom is -0.504 e. The van der Waals surface area contributed by atoms with Crippen LogP contribution in [0.25, 0.3) is 11.6 Å². The SMILES string of the molecule is CCOC(=O)c1c(NN2CCCCC2)oc(C=C2C=Nc3ncccc32)c1O. The van der Waals surface area contributed by atoms with Gasteiger partial charge in [0.15, 0.2) is 22.9 Å². The Morgan fingerprint density at radius 2 is 2.21 bits per heavy atom. The molecular formula is C20H22N4O4. The van der Waals surface area contributed by atoms with Crippen LogP contribution in [0, 0.1) is 0 Å². The third kappa shape index (κ3) is 3.50. The highest BCUT2D eigenvalue weighted by Crippen LogP contribution is 2.38. The fourth-order valence-corrected chi connectivity index (χ4v) is 3.34. The number of aromatic nitrogens is 1. The number of fused-ring (bicyclic) bond motifs is 1. The van der Waals surface area contributed by atoms with Crippen LogP contribution in [0.3, 0.4) is 0 Å². The highest BCUT2D eigenvalue weighted by atomic mass is 16.5. The predicted octanol–water partition coefficient (Wildman–Crippen LogP) is 3.63. The first-order valence-corrected chi connectivity index (χ1v) is 9.43. The average Bonchev–Trinajstić information content (AvgIpc) is 3.24. The molecule has 0 bridgehead atoms. The van der Waals surface area contributed by atoms with E-state index >= 15 is 0 Å². The molecular weight excluding hydrogens is 360 g/mol. The van der Waals surface area contributed by atoms with Crippen molar-refractivity contribution < 1.29 is 19.1 Å². The molecule has 0 amide bonds. The number of aromatic hydroxyl groups is 1. The molecule has 2 N–H and O–H groups in total. The molecule has 2 aromatic heterocycles. The predicted molar refractivity (Wildman–Crippen MR) is 106 cm³/mol. The van der Waals surface area contributed by atoms with Crippen LogP contribution in [-0.2, 0) is 4.74 Å². The maximum absolute atomic E-state index is 12.4. The van der Waals surface area contributed by atoms with E-state index in [9.17, 15) is 9.90 Å². The second-order valence-electron chi connectivity index (χ2n) is 6.63. The van der Waals surface area contributed by atoms with E-state index in [-0.39, 0.29) is 29.6 Å². The van der Waals surface area contributed by atoms with E-state index in [0.29, 0.717) is 5.82 Å². The summed E-state index contributed by atoms with van der Waals surface area (Å²) in [4.78, 5) is 20.9. The van der Waals surface area contributed by atoms with Gasteiger partial charge in [0.1, 0.15) is 0 Å². The quantitative estimate of drug-likeness (QED) is 0.762. The number of carbonyl (C=O) groups is 1. The van der Waals surface area contributed by atoms with E-state index in [1.165, 1.54) is 6.42 Å². The van der Waals surface area contributed by atoms with Gasteiger partial charge < -0.3 is 14.3 Å². The van der Waals surface area contributed by atoms with E-state index in [1.54, 1.807) is 25.4 Å². The smallest absolute Gasteiger partial charge is 0.347 e. The number of anilines is 1. The van der Waals surface area contributed by atoms with Crippen LogP contribution in [0.5, 0.6) is 5.75 Å². The molecule has 1 saturated heterocycles. The van der Waals surface area contributed by atoms with E-state index in [0.717, 1.165) is 37.1 Å². The van der Waals surface area contributed by atoms with E-state index < -0.39 is 5.97 Å². The molecule has 4 heterocycles. The minimum absolute atomic E-state index is 0.000573. The summed E-state index contributed by atoms with van der Waals surface area (Å²) in [5.41, 5.74) is 4.70. The molecule has 0 atom stereocenters.